The molecule has 0 radical (unpaired) electrons. The molecule has 26 heavy (non-hydrogen) atoms. The van der Waals surface area contributed by atoms with Gasteiger partial charge in [0.15, 0.2) is 0 Å². The molecule has 1 nitrogen and oxygen atoms in total. The van der Waals surface area contributed by atoms with Crippen molar-refractivity contribution in [1.82, 2.24) is 5.32 Å². The van der Waals surface area contributed by atoms with Crippen LogP contribution in [0.5, 0.6) is 0 Å². The number of aryl methyl sites for hydroxylation is 1. The van der Waals surface area contributed by atoms with E-state index >= 15 is 0 Å². The van der Waals surface area contributed by atoms with Gasteiger partial charge in [0.2, 0.25) is 0 Å². The number of nitrogens with one attached hydrogen (secondary N) is 1. The van der Waals surface area contributed by atoms with Gasteiger partial charge >= 0.3 is 0 Å². The second-order valence-corrected chi connectivity index (χ2v) is 9.82. The number of fused-ring (bicyclic) bond motifs is 1. The third-order valence-electron chi connectivity index (χ3n) is 5.00. The highest BCUT2D eigenvalue weighted by molar-refractivity contribution is 7.98. The van der Waals surface area contributed by atoms with Crippen LogP contribution in [0.1, 0.15) is 49.4 Å². The van der Waals surface area contributed by atoms with Gasteiger partial charge in [-0.15, -0.1) is 11.8 Å². The third-order valence-corrected chi connectivity index (χ3v) is 6.66. The SMILES string of the molecule is CC(C)(C)CCc1ccc(CSc2c(Cl)ccc3c2CCNCC3)cc1. The van der Waals surface area contributed by atoms with E-state index in [-0.39, 0.29) is 0 Å². The summed E-state index contributed by atoms with van der Waals surface area (Å²) in [7, 11) is 0. The molecule has 1 aliphatic heterocycles. The zero-order valence-corrected chi connectivity index (χ0v) is 17.8. The predicted molar refractivity (Wildman–Crippen MR) is 116 cm³/mol. The predicted octanol–water partition coefficient (Wildman–Crippen LogP) is 6.30. The van der Waals surface area contributed by atoms with Crippen LogP contribution in [0.3, 0.4) is 0 Å². The monoisotopic (exact) mass is 387 g/mol. The van der Waals surface area contributed by atoms with Gasteiger partial charge in [-0.3, -0.25) is 0 Å². The summed E-state index contributed by atoms with van der Waals surface area (Å²) in [6.07, 6.45) is 4.55. The van der Waals surface area contributed by atoms with E-state index < -0.39 is 0 Å². The summed E-state index contributed by atoms with van der Waals surface area (Å²) in [5.41, 5.74) is 6.11. The normalized spacial score (nSPS) is 14.8. The Morgan fingerprint density at radius 1 is 0.962 bits per heavy atom. The molecular formula is C23H30ClNS. The maximum absolute atomic E-state index is 6.55. The Balaban J connectivity index is 1.66. The molecule has 0 saturated heterocycles. The maximum atomic E-state index is 6.55. The molecule has 3 rings (SSSR count). The Kier molecular flexibility index (Phi) is 6.71. The summed E-state index contributed by atoms with van der Waals surface area (Å²) in [4.78, 5) is 1.28. The van der Waals surface area contributed by atoms with E-state index in [4.69, 9.17) is 11.6 Å². The molecule has 3 heteroatoms. The van der Waals surface area contributed by atoms with Gasteiger partial charge in [0.05, 0.1) is 5.02 Å². The quantitative estimate of drug-likeness (QED) is 0.604. The summed E-state index contributed by atoms with van der Waals surface area (Å²) in [6.45, 7) is 9.03. The molecule has 1 aliphatic rings. The molecule has 1 N–H and O–H groups in total. The van der Waals surface area contributed by atoms with Crippen LogP contribution in [-0.4, -0.2) is 13.1 Å². The zero-order valence-electron chi connectivity index (χ0n) is 16.2. The highest BCUT2D eigenvalue weighted by Gasteiger charge is 2.15. The largest absolute Gasteiger partial charge is 0.316 e. The Labute approximate surface area is 167 Å². The number of halogens is 1. The molecule has 0 aliphatic carbocycles. The smallest absolute Gasteiger partial charge is 0.0544 e. The minimum atomic E-state index is 0.394. The molecule has 140 valence electrons. The van der Waals surface area contributed by atoms with Crippen molar-refractivity contribution < 1.29 is 0 Å². The molecule has 0 spiro atoms. The Morgan fingerprint density at radius 3 is 2.38 bits per heavy atom. The Hall–Kier alpha value is -0.960. The molecule has 2 aromatic rings. The Morgan fingerprint density at radius 2 is 1.65 bits per heavy atom. The van der Waals surface area contributed by atoms with Crippen LogP contribution >= 0.6 is 23.4 Å². The molecule has 0 atom stereocenters. The topological polar surface area (TPSA) is 12.0 Å². The van der Waals surface area contributed by atoms with Crippen molar-refractivity contribution >= 4 is 23.4 Å². The lowest BCUT2D eigenvalue weighted by Gasteiger charge is -2.17. The number of rotatable bonds is 5. The standard InChI is InChI=1S/C23H30ClNS/c1-23(2,3)13-10-17-4-6-18(7-5-17)16-26-22-20-12-15-25-14-11-19(20)8-9-21(22)24/h4-9,25H,10-16H2,1-3H3. The molecule has 0 fully saturated rings. The molecule has 2 aromatic carbocycles. The lowest BCUT2D eigenvalue weighted by molar-refractivity contribution is 0.378. The minimum absolute atomic E-state index is 0.394. The van der Waals surface area contributed by atoms with E-state index in [1.807, 2.05) is 11.8 Å². The first kappa shape index (κ1) is 19.8. The highest BCUT2D eigenvalue weighted by atomic mass is 35.5. The van der Waals surface area contributed by atoms with Crippen LogP contribution in [0.15, 0.2) is 41.3 Å². The van der Waals surface area contributed by atoms with Crippen LogP contribution in [0, 0.1) is 5.41 Å². The lowest BCUT2D eigenvalue weighted by atomic mass is 9.88. The van der Waals surface area contributed by atoms with Gasteiger partial charge in [0, 0.05) is 10.6 Å². The average molecular weight is 388 g/mol. The lowest BCUT2D eigenvalue weighted by Crippen LogP contribution is -2.16. The first-order valence-corrected chi connectivity index (χ1v) is 11.0. The van der Waals surface area contributed by atoms with Crippen molar-refractivity contribution in [3.63, 3.8) is 0 Å². The number of hydrogen-bond acceptors (Lipinski definition) is 2. The third kappa shape index (κ3) is 5.52. The molecule has 1 heterocycles. The van der Waals surface area contributed by atoms with Crippen molar-refractivity contribution in [3.05, 3.63) is 63.7 Å². The van der Waals surface area contributed by atoms with E-state index in [1.165, 1.54) is 33.6 Å². The number of thioether (sulfide) groups is 1. The molecule has 0 aromatic heterocycles. The summed E-state index contributed by atoms with van der Waals surface area (Å²) < 4.78 is 0. The summed E-state index contributed by atoms with van der Waals surface area (Å²) >= 11 is 8.44. The fourth-order valence-electron chi connectivity index (χ4n) is 3.34. The van der Waals surface area contributed by atoms with Crippen molar-refractivity contribution in [1.29, 1.82) is 0 Å². The van der Waals surface area contributed by atoms with Crippen LogP contribution in [0.2, 0.25) is 5.02 Å². The van der Waals surface area contributed by atoms with Gasteiger partial charge in [-0.25, -0.2) is 0 Å². The molecule has 0 saturated carbocycles. The van der Waals surface area contributed by atoms with E-state index in [1.54, 1.807) is 0 Å². The van der Waals surface area contributed by atoms with Gasteiger partial charge in [-0.2, -0.15) is 0 Å². The van der Waals surface area contributed by atoms with E-state index in [0.717, 1.165) is 43.1 Å². The second kappa shape index (κ2) is 8.82. The molecule has 0 bridgehead atoms. The summed E-state index contributed by atoms with van der Waals surface area (Å²) in [5.74, 6) is 0.975. The first-order valence-electron chi connectivity index (χ1n) is 9.64. The minimum Gasteiger partial charge on any atom is -0.316 e. The molecule has 0 amide bonds. The average Bonchev–Trinajstić information content (AvgIpc) is 2.85. The number of hydrogen-bond donors (Lipinski definition) is 1. The summed E-state index contributed by atoms with van der Waals surface area (Å²) in [5, 5.41) is 4.39. The zero-order chi connectivity index (χ0) is 18.6. The van der Waals surface area contributed by atoms with Crippen LogP contribution in [-0.2, 0) is 25.0 Å². The van der Waals surface area contributed by atoms with Crippen molar-refractivity contribution in [2.45, 2.75) is 57.1 Å². The van der Waals surface area contributed by atoms with E-state index in [2.05, 4.69) is 62.5 Å². The van der Waals surface area contributed by atoms with Crippen LogP contribution in [0.25, 0.3) is 0 Å². The van der Waals surface area contributed by atoms with Crippen molar-refractivity contribution in [3.8, 4) is 0 Å². The second-order valence-electron chi connectivity index (χ2n) is 8.43. The van der Waals surface area contributed by atoms with E-state index in [0.29, 0.717) is 5.41 Å². The molecular weight excluding hydrogens is 358 g/mol. The fourth-order valence-corrected chi connectivity index (χ4v) is 4.80. The van der Waals surface area contributed by atoms with Gasteiger partial charge in [-0.1, -0.05) is 62.7 Å². The first-order chi connectivity index (χ1) is 12.4. The van der Waals surface area contributed by atoms with Gasteiger partial charge in [0.1, 0.15) is 0 Å². The van der Waals surface area contributed by atoms with Gasteiger partial charge < -0.3 is 5.32 Å². The fraction of sp³-hybridized carbons (Fsp3) is 0.478. The van der Waals surface area contributed by atoms with Crippen molar-refractivity contribution in [2.24, 2.45) is 5.41 Å². The Bertz CT molecular complexity index is 731. The number of benzene rings is 2. The summed E-state index contributed by atoms with van der Waals surface area (Å²) in [6, 6.07) is 13.4. The van der Waals surface area contributed by atoms with Crippen molar-refractivity contribution in [2.75, 3.05) is 13.1 Å². The maximum Gasteiger partial charge on any atom is 0.0544 e. The van der Waals surface area contributed by atoms with Gasteiger partial charge in [-0.05, 0) is 72.5 Å². The van der Waals surface area contributed by atoms with Crippen LogP contribution in [0.4, 0.5) is 0 Å². The molecule has 0 unspecified atom stereocenters. The van der Waals surface area contributed by atoms with Gasteiger partial charge in [0.25, 0.3) is 0 Å². The highest BCUT2D eigenvalue weighted by Crippen LogP contribution is 2.36. The van der Waals surface area contributed by atoms with E-state index in [9.17, 15) is 0 Å². The van der Waals surface area contributed by atoms with Crippen LogP contribution < -0.4 is 5.32 Å².